The Labute approximate surface area is 113 Å². The molecule has 0 aromatic heterocycles. The normalized spacial score (nSPS) is 9.83. The first-order chi connectivity index (χ1) is 8.72. The second kappa shape index (κ2) is 8.58. The van der Waals surface area contributed by atoms with Crippen LogP contribution < -0.4 is 10.6 Å². The van der Waals surface area contributed by atoms with Crippen LogP contribution in [0.4, 0.5) is 0 Å². The molecule has 1 rings (SSSR count). The third kappa shape index (κ3) is 6.30. The Hall–Kier alpha value is -1.49. The summed E-state index contributed by atoms with van der Waals surface area (Å²) in [5, 5.41) is 5.41. The van der Waals surface area contributed by atoms with Crippen molar-refractivity contribution in [1.82, 2.24) is 10.6 Å². The highest BCUT2D eigenvalue weighted by Gasteiger charge is 2.04. The van der Waals surface area contributed by atoms with Crippen molar-refractivity contribution in [2.75, 3.05) is 18.8 Å². The lowest BCUT2D eigenvalue weighted by atomic mass is 10.1. The zero-order valence-corrected chi connectivity index (χ0v) is 11.1. The van der Waals surface area contributed by atoms with Gasteiger partial charge in [0.05, 0.1) is 6.42 Å². The van der Waals surface area contributed by atoms with Crippen LogP contribution in [0, 0.1) is 0 Å². The van der Waals surface area contributed by atoms with Crippen molar-refractivity contribution in [3.8, 4) is 0 Å². The third-order valence-corrected chi connectivity index (χ3v) is 2.54. The maximum absolute atomic E-state index is 11.6. The van der Waals surface area contributed by atoms with Gasteiger partial charge in [0, 0.05) is 25.3 Å². The van der Waals surface area contributed by atoms with Crippen LogP contribution in [0.25, 0.3) is 0 Å². The van der Waals surface area contributed by atoms with Gasteiger partial charge < -0.3 is 10.6 Å². The topological polar surface area (TPSA) is 58.2 Å². The number of nitrogens with one attached hydrogen (secondary N) is 2. The lowest BCUT2D eigenvalue weighted by molar-refractivity contribution is -0.121. The van der Waals surface area contributed by atoms with Crippen LogP contribution in [-0.2, 0) is 16.0 Å². The average Bonchev–Trinajstić information content (AvgIpc) is 2.37. The van der Waals surface area contributed by atoms with E-state index in [9.17, 15) is 9.59 Å². The van der Waals surface area contributed by atoms with Crippen molar-refractivity contribution in [2.45, 2.75) is 12.8 Å². The van der Waals surface area contributed by atoms with Gasteiger partial charge in [-0.25, -0.2) is 0 Å². The molecule has 0 spiro atoms. The van der Waals surface area contributed by atoms with E-state index in [1.807, 2.05) is 30.3 Å². The smallest absolute Gasteiger partial charge is 0.224 e. The number of amides is 2. The molecule has 0 aliphatic rings. The first-order valence-corrected chi connectivity index (χ1v) is 6.54. The Balaban J connectivity index is 2.16. The van der Waals surface area contributed by atoms with E-state index in [0.717, 1.165) is 5.56 Å². The van der Waals surface area contributed by atoms with Crippen LogP contribution in [0.15, 0.2) is 30.3 Å². The van der Waals surface area contributed by atoms with Gasteiger partial charge in [0.15, 0.2) is 0 Å². The molecule has 0 bridgehead atoms. The summed E-state index contributed by atoms with van der Waals surface area (Å²) in [6.45, 7) is 0.921. The molecule has 1 aromatic rings. The number of carbonyl (C=O) groups is 2. The van der Waals surface area contributed by atoms with E-state index in [0.29, 0.717) is 31.7 Å². The summed E-state index contributed by atoms with van der Waals surface area (Å²) >= 11 is 3.99. The number of hydrogen-bond acceptors (Lipinski definition) is 3. The summed E-state index contributed by atoms with van der Waals surface area (Å²) in [5.41, 5.74) is 0.967. The van der Waals surface area contributed by atoms with Crippen LogP contribution in [-0.4, -0.2) is 30.7 Å². The number of thiol groups is 1. The minimum Gasteiger partial charge on any atom is -0.355 e. The zero-order valence-electron chi connectivity index (χ0n) is 10.2. The van der Waals surface area contributed by atoms with Gasteiger partial charge in [0.25, 0.3) is 0 Å². The quantitative estimate of drug-likeness (QED) is 0.639. The summed E-state index contributed by atoms with van der Waals surface area (Å²) in [6, 6.07) is 9.51. The van der Waals surface area contributed by atoms with Gasteiger partial charge in [-0.05, 0) is 5.56 Å². The van der Waals surface area contributed by atoms with Crippen LogP contribution in [0.2, 0.25) is 0 Å². The molecule has 5 heteroatoms. The minimum absolute atomic E-state index is 0.0657. The highest BCUT2D eigenvalue weighted by atomic mass is 32.1. The largest absolute Gasteiger partial charge is 0.355 e. The first-order valence-electron chi connectivity index (χ1n) is 5.90. The lowest BCUT2D eigenvalue weighted by Crippen LogP contribution is -2.32. The maximum Gasteiger partial charge on any atom is 0.224 e. The Morgan fingerprint density at radius 2 is 1.67 bits per heavy atom. The van der Waals surface area contributed by atoms with E-state index in [4.69, 9.17) is 0 Å². The number of benzene rings is 1. The summed E-state index contributed by atoms with van der Waals surface area (Å²) < 4.78 is 0. The molecule has 2 N–H and O–H groups in total. The molecule has 2 amide bonds. The molecule has 0 unspecified atom stereocenters. The number of hydrogen-bond donors (Lipinski definition) is 3. The maximum atomic E-state index is 11.6. The fourth-order valence-electron chi connectivity index (χ4n) is 1.44. The van der Waals surface area contributed by atoms with E-state index >= 15 is 0 Å². The molecule has 98 valence electrons. The fourth-order valence-corrected chi connectivity index (χ4v) is 1.55. The molecule has 0 fully saturated rings. The van der Waals surface area contributed by atoms with Gasteiger partial charge in [0.1, 0.15) is 0 Å². The molecule has 0 aliphatic heterocycles. The molecule has 4 nitrogen and oxygen atoms in total. The molecular formula is C13H18N2O2S. The van der Waals surface area contributed by atoms with Crippen molar-refractivity contribution in [2.24, 2.45) is 0 Å². The summed E-state index contributed by atoms with van der Waals surface area (Å²) in [7, 11) is 0. The highest BCUT2D eigenvalue weighted by molar-refractivity contribution is 7.80. The minimum atomic E-state index is -0.0665. The molecule has 0 saturated heterocycles. The van der Waals surface area contributed by atoms with Gasteiger partial charge in [-0.3, -0.25) is 9.59 Å². The molecule has 0 heterocycles. The van der Waals surface area contributed by atoms with Crippen molar-refractivity contribution in [1.29, 1.82) is 0 Å². The van der Waals surface area contributed by atoms with Crippen LogP contribution in [0.1, 0.15) is 12.0 Å². The van der Waals surface area contributed by atoms with E-state index in [2.05, 4.69) is 23.3 Å². The second-order valence-electron chi connectivity index (χ2n) is 3.84. The molecule has 18 heavy (non-hydrogen) atoms. The summed E-state index contributed by atoms with van der Waals surface area (Å²) in [5.74, 6) is 0.485. The van der Waals surface area contributed by atoms with Crippen LogP contribution in [0.5, 0.6) is 0 Å². The summed E-state index contributed by atoms with van der Waals surface area (Å²) in [6.07, 6.45) is 0.646. The lowest BCUT2D eigenvalue weighted by Gasteiger charge is -2.06. The molecule has 0 saturated carbocycles. The van der Waals surface area contributed by atoms with Crippen molar-refractivity contribution in [3.05, 3.63) is 35.9 Å². The predicted molar refractivity (Wildman–Crippen MR) is 74.6 cm³/mol. The van der Waals surface area contributed by atoms with Crippen LogP contribution >= 0.6 is 12.6 Å². The third-order valence-electron chi connectivity index (χ3n) is 2.32. The Kier molecular flexibility index (Phi) is 6.94. The standard InChI is InChI=1S/C13H18N2O2S/c16-12(15-8-9-18)6-7-14-13(17)10-11-4-2-1-3-5-11/h1-5,18H,6-10H2,(H,14,17)(H,15,16). The van der Waals surface area contributed by atoms with Gasteiger partial charge in [-0.2, -0.15) is 12.6 Å². The molecule has 1 aromatic carbocycles. The molecule has 0 atom stereocenters. The monoisotopic (exact) mass is 266 g/mol. The zero-order chi connectivity index (χ0) is 13.2. The predicted octanol–water partition coefficient (Wildman–Crippen LogP) is 0.781. The van der Waals surface area contributed by atoms with Crippen molar-refractivity contribution in [3.63, 3.8) is 0 Å². The average molecular weight is 266 g/mol. The van der Waals surface area contributed by atoms with E-state index in [-0.39, 0.29) is 11.8 Å². The van der Waals surface area contributed by atoms with Gasteiger partial charge >= 0.3 is 0 Å². The molecule has 0 radical (unpaired) electrons. The first kappa shape index (κ1) is 14.6. The Morgan fingerprint density at radius 3 is 2.33 bits per heavy atom. The van der Waals surface area contributed by atoms with E-state index in [1.54, 1.807) is 0 Å². The Bertz CT molecular complexity index is 382. The van der Waals surface area contributed by atoms with Crippen molar-refractivity contribution >= 4 is 24.4 Å². The van der Waals surface area contributed by atoms with Gasteiger partial charge in [0.2, 0.25) is 11.8 Å². The second-order valence-corrected chi connectivity index (χ2v) is 4.28. The highest BCUT2D eigenvalue weighted by Crippen LogP contribution is 1.98. The molecular weight excluding hydrogens is 248 g/mol. The van der Waals surface area contributed by atoms with Crippen LogP contribution in [0.3, 0.4) is 0 Å². The number of carbonyl (C=O) groups excluding carboxylic acids is 2. The Morgan fingerprint density at radius 1 is 1.00 bits per heavy atom. The molecule has 0 aliphatic carbocycles. The van der Waals surface area contributed by atoms with Gasteiger partial charge in [-0.15, -0.1) is 0 Å². The van der Waals surface area contributed by atoms with Crippen molar-refractivity contribution < 1.29 is 9.59 Å². The number of rotatable bonds is 7. The summed E-state index contributed by atoms with van der Waals surface area (Å²) in [4.78, 5) is 22.8. The fraction of sp³-hybridized carbons (Fsp3) is 0.385. The van der Waals surface area contributed by atoms with E-state index in [1.165, 1.54) is 0 Å². The van der Waals surface area contributed by atoms with E-state index < -0.39 is 0 Å². The van der Waals surface area contributed by atoms with Gasteiger partial charge in [-0.1, -0.05) is 30.3 Å². The SMILES string of the molecule is O=C(CCNC(=O)Cc1ccccc1)NCCS.